The molecule has 27 heavy (non-hydrogen) atoms. The first-order valence-corrected chi connectivity index (χ1v) is 8.40. The van der Waals surface area contributed by atoms with Crippen LogP contribution in [-0.2, 0) is 17.9 Å². The average Bonchev–Trinajstić information content (AvgIpc) is 2.65. The monoisotopic (exact) mass is 387 g/mol. The van der Waals surface area contributed by atoms with Gasteiger partial charge in [0.05, 0.1) is 6.54 Å². The summed E-state index contributed by atoms with van der Waals surface area (Å²) >= 11 is 5.83. The van der Waals surface area contributed by atoms with E-state index in [-0.39, 0.29) is 13.1 Å². The van der Waals surface area contributed by atoms with E-state index in [2.05, 4.69) is 5.32 Å². The van der Waals surface area contributed by atoms with Crippen molar-refractivity contribution in [2.75, 3.05) is 5.32 Å². The van der Waals surface area contributed by atoms with Gasteiger partial charge >= 0.3 is 11.1 Å². The van der Waals surface area contributed by atoms with Gasteiger partial charge in [0.2, 0.25) is 5.91 Å². The fraction of sp³-hybridized carbons (Fsp3) is 0.105. The first kappa shape index (κ1) is 18.6. The Morgan fingerprint density at radius 1 is 0.926 bits per heavy atom. The molecular weight excluding hydrogens is 373 g/mol. The van der Waals surface area contributed by atoms with Gasteiger partial charge in [-0.25, -0.2) is 4.39 Å². The van der Waals surface area contributed by atoms with E-state index in [0.29, 0.717) is 10.7 Å². The third kappa shape index (κ3) is 4.71. The molecule has 1 amide bonds. The van der Waals surface area contributed by atoms with Gasteiger partial charge in [0.25, 0.3) is 0 Å². The number of benzene rings is 2. The van der Waals surface area contributed by atoms with Crippen molar-refractivity contribution in [1.82, 2.24) is 9.13 Å². The molecule has 0 radical (unpaired) electrons. The van der Waals surface area contributed by atoms with Crippen LogP contribution in [-0.4, -0.2) is 15.0 Å². The van der Waals surface area contributed by atoms with Crippen molar-refractivity contribution in [3.05, 3.63) is 98.0 Å². The second-order valence-corrected chi connectivity index (χ2v) is 6.28. The van der Waals surface area contributed by atoms with E-state index in [0.717, 1.165) is 10.1 Å². The number of halogens is 2. The highest BCUT2D eigenvalue weighted by Crippen LogP contribution is 2.10. The molecule has 0 bridgehead atoms. The molecule has 1 heterocycles. The van der Waals surface area contributed by atoms with Crippen LogP contribution in [0.3, 0.4) is 0 Å². The van der Waals surface area contributed by atoms with Gasteiger partial charge in [-0.15, -0.1) is 0 Å². The van der Waals surface area contributed by atoms with E-state index >= 15 is 0 Å². The second-order valence-electron chi connectivity index (χ2n) is 5.85. The molecule has 6 nitrogen and oxygen atoms in total. The maximum atomic E-state index is 12.9. The number of nitrogens with zero attached hydrogens (tertiary/aromatic N) is 2. The Morgan fingerprint density at radius 2 is 1.52 bits per heavy atom. The highest BCUT2D eigenvalue weighted by atomic mass is 35.5. The molecule has 0 saturated carbocycles. The van der Waals surface area contributed by atoms with E-state index < -0.39 is 22.8 Å². The Hall–Kier alpha value is -3.19. The molecule has 1 aromatic heterocycles. The van der Waals surface area contributed by atoms with Crippen LogP contribution in [0.5, 0.6) is 0 Å². The summed E-state index contributed by atoms with van der Waals surface area (Å²) < 4.78 is 15.2. The Morgan fingerprint density at radius 3 is 2.19 bits per heavy atom. The van der Waals surface area contributed by atoms with Crippen molar-refractivity contribution in [3.8, 4) is 0 Å². The molecule has 3 aromatic rings. The van der Waals surface area contributed by atoms with Crippen LogP contribution in [0.1, 0.15) is 5.56 Å². The molecule has 0 fully saturated rings. The van der Waals surface area contributed by atoms with Crippen LogP contribution in [0.15, 0.2) is 70.5 Å². The molecule has 2 aromatic carbocycles. The number of hydrogen-bond acceptors (Lipinski definition) is 3. The molecule has 138 valence electrons. The lowest BCUT2D eigenvalue weighted by atomic mass is 10.2. The van der Waals surface area contributed by atoms with E-state index in [1.54, 1.807) is 24.3 Å². The van der Waals surface area contributed by atoms with Crippen molar-refractivity contribution in [2.45, 2.75) is 13.1 Å². The topological polar surface area (TPSA) is 73.1 Å². The summed E-state index contributed by atoms with van der Waals surface area (Å²) in [6.07, 6.45) is 2.83. The molecule has 0 aliphatic carbocycles. The van der Waals surface area contributed by atoms with Gasteiger partial charge in [0.15, 0.2) is 0 Å². The van der Waals surface area contributed by atoms with Crippen molar-refractivity contribution < 1.29 is 9.18 Å². The van der Waals surface area contributed by atoms with E-state index in [4.69, 9.17) is 11.6 Å². The molecule has 1 N–H and O–H groups in total. The van der Waals surface area contributed by atoms with E-state index in [1.807, 2.05) is 0 Å². The van der Waals surface area contributed by atoms with Gasteiger partial charge in [-0.3, -0.25) is 19.0 Å². The third-order valence-corrected chi connectivity index (χ3v) is 4.09. The molecule has 0 unspecified atom stereocenters. The van der Waals surface area contributed by atoms with Crippen LogP contribution < -0.4 is 16.4 Å². The first-order valence-electron chi connectivity index (χ1n) is 8.02. The summed E-state index contributed by atoms with van der Waals surface area (Å²) in [5.41, 5.74) is -0.332. The Kier molecular flexibility index (Phi) is 5.52. The minimum absolute atomic E-state index is 0.216. The lowest BCUT2D eigenvalue weighted by Gasteiger charge is -2.10. The van der Waals surface area contributed by atoms with Gasteiger partial charge in [-0.05, 0) is 42.0 Å². The number of rotatable bonds is 5. The number of carbonyl (C=O) groups is 1. The summed E-state index contributed by atoms with van der Waals surface area (Å²) in [7, 11) is 0. The molecule has 0 spiro atoms. The zero-order chi connectivity index (χ0) is 19.4. The summed E-state index contributed by atoms with van der Waals surface area (Å²) in [4.78, 5) is 36.6. The highest BCUT2D eigenvalue weighted by molar-refractivity contribution is 6.30. The van der Waals surface area contributed by atoms with Gasteiger partial charge in [0.1, 0.15) is 12.4 Å². The molecule has 0 saturated heterocycles. The lowest BCUT2D eigenvalue weighted by molar-refractivity contribution is -0.116. The SMILES string of the molecule is O=C(Cn1ccn(Cc2ccc(Cl)cc2)c(=O)c1=O)Nc1ccc(F)cc1. The van der Waals surface area contributed by atoms with Gasteiger partial charge in [0, 0.05) is 23.1 Å². The van der Waals surface area contributed by atoms with Gasteiger partial charge in [-0.2, -0.15) is 0 Å². The largest absolute Gasteiger partial charge is 0.325 e. The molecule has 0 atom stereocenters. The van der Waals surface area contributed by atoms with E-state index in [1.165, 1.54) is 41.2 Å². The standard InChI is InChI=1S/C19H15ClFN3O3/c20-14-3-1-13(2-4-14)11-23-9-10-24(19(27)18(23)26)12-17(25)22-16-7-5-15(21)6-8-16/h1-10H,11-12H2,(H,22,25). The summed E-state index contributed by atoms with van der Waals surface area (Å²) in [6, 6.07) is 12.1. The number of carbonyl (C=O) groups excluding carboxylic acids is 1. The summed E-state index contributed by atoms with van der Waals surface area (Å²) in [6.45, 7) is -0.110. The van der Waals surface area contributed by atoms with Crippen molar-refractivity contribution in [2.24, 2.45) is 0 Å². The third-order valence-electron chi connectivity index (χ3n) is 3.84. The van der Waals surface area contributed by atoms with Gasteiger partial charge < -0.3 is 9.88 Å². The van der Waals surface area contributed by atoms with Crippen LogP contribution in [0, 0.1) is 5.82 Å². The quantitative estimate of drug-likeness (QED) is 0.683. The zero-order valence-corrected chi connectivity index (χ0v) is 14.8. The summed E-state index contributed by atoms with van der Waals surface area (Å²) in [5.74, 6) is -0.924. The fourth-order valence-electron chi connectivity index (χ4n) is 2.47. The predicted octanol–water partition coefficient (Wildman–Crippen LogP) is 2.49. The lowest BCUT2D eigenvalue weighted by Crippen LogP contribution is -2.42. The van der Waals surface area contributed by atoms with Gasteiger partial charge in [-0.1, -0.05) is 23.7 Å². The minimum atomic E-state index is -0.805. The molecule has 3 rings (SSSR count). The smallest absolute Gasteiger partial charge is 0.316 e. The Labute approximate surface area is 158 Å². The molecule has 0 aliphatic heterocycles. The maximum Gasteiger partial charge on any atom is 0.316 e. The number of amides is 1. The highest BCUT2D eigenvalue weighted by Gasteiger charge is 2.10. The predicted molar refractivity (Wildman–Crippen MR) is 101 cm³/mol. The summed E-state index contributed by atoms with van der Waals surface area (Å²) in [5, 5.41) is 3.11. The Bertz CT molecular complexity index is 1070. The van der Waals surface area contributed by atoms with Crippen molar-refractivity contribution in [1.29, 1.82) is 0 Å². The van der Waals surface area contributed by atoms with Crippen LogP contribution in [0.25, 0.3) is 0 Å². The Balaban J connectivity index is 1.73. The second kappa shape index (κ2) is 8.01. The molecular formula is C19H15ClFN3O3. The normalized spacial score (nSPS) is 10.6. The first-order chi connectivity index (χ1) is 12.9. The maximum absolute atomic E-state index is 12.9. The zero-order valence-electron chi connectivity index (χ0n) is 14.1. The van der Waals surface area contributed by atoms with Crippen LogP contribution in [0.4, 0.5) is 10.1 Å². The molecule has 8 heteroatoms. The number of hydrogen-bond donors (Lipinski definition) is 1. The van der Waals surface area contributed by atoms with Crippen LogP contribution in [0.2, 0.25) is 5.02 Å². The van der Waals surface area contributed by atoms with Crippen LogP contribution >= 0.6 is 11.6 Å². The molecule has 0 aliphatic rings. The minimum Gasteiger partial charge on any atom is -0.325 e. The van der Waals surface area contributed by atoms with E-state index in [9.17, 15) is 18.8 Å². The van der Waals surface area contributed by atoms with Crippen molar-refractivity contribution in [3.63, 3.8) is 0 Å². The number of anilines is 1. The number of aromatic nitrogens is 2. The fourth-order valence-corrected chi connectivity index (χ4v) is 2.59. The van der Waals surface area contributed by atoms with Crippen molar-refractivity contribution >= 4 is 23.2 Å². The average molecular weight is 388 g/mol. The number of nitrogens with one attached hydrogen (secondary N) is 1.